The Bertz CT molecular complexity index is 1270. The molecule has 0 spiro atoms. The first-order valence-corrected chi connectivity index (χ1v) is 12.2. The second kappa shape index (κ2) is 10.8. The standard InChI is InChI=1S/C25H26N4O4S/c1-32-22-11-10-19(23(14-22)33-2)15-26-24(30)18-34(31)17-20-16-27-29(21-8-4-3-5-9-21)25(20)28-12-6-7-13-28/h3-14,16H,15,17-18H2,1-2H3,(H,26,30)/t34-/m1/s1. The van der Waals surface area contributed by atoms with Gasteiger partial charge in [0.2, 0.25) is 5.91 Å². The van der Waals surface area contributed by atoms with Crippen molar-refractivity contribution in [3.8, 4) is 23.0 Å². The first kappa shape index (κ1) is 23.3. The third kappa shape index (κ3) is 5.37. The number of hydrogen-bond donors (Lipinski definition) is 1. The summed E-state index contributed by atoms with van der Waals surface area (Å²) in [5, 5.41) is 7.34. The number of carbonyl (C=O) groups excluding carboxylic acids is 1. The second-order valence-electron chi connectivity index (χ2n) is 7.51. The minimum absolute atomic E-state index is 0.111. The molecule has 0 unspecified atom stereocenters. The summed E-state index contributed by atoms with van der Waals surface area (Å²) in [4.78, 5) is 12.5. The van der Waals surface area contributed by atoms with Crippen LogP contribution in [0.4, 0.5) is 0 Å². The predicted octanol–water partition coefficient (Wildman–Crippen LogP) is 3.25. The number of carbonyl (C=O) groups is 1. The summed E-state index contributed by atoms with van der Waals surface area (Å²) in [7, 11) is 1.73. The molecule has 2 heterocycles. The van der Waals surface area contributed by atoms with Crippen molar-refractivity contribution < 1.29 is 18.5 Å². The van der Waals surface area contributed by atoms with Crippen LogP contribution in [0.25, 0.3) is 11.5 Å². The van der Waals surface area contributed by atoms with Crippen LogP contribution in [0.2, 0.25) is 0 Å². The van der Waals surface area contributed by atoms with Gasteiger partial charge in [-0.3, -0.25) is 9.00 Å². The van der Waals surface area contributed by atoms with Crippen molar-refractivity contribution in [3.63, 3.8) is 0 Å². The highest BCUT2D eigenvalue weighted by Crippen LogP contribution is 2.24. The van der Waals surface area contributed by atoms with Crippen molar-refractivity contribution in [1.82, 2.24) is 19.7 Å². The Morgan fingerprint density at radius 1 is 1.00 bits per heavy atom. The van der Waals surface area contributed by atoms with Gasteiger partial charge in [-0.1, -0.05) is 18.2 Å². The quantitative estimate of drug-likeness (QED) is 0.378. The third-order valence-corrected chi connectivity index (χ3v) is 6.46. The van der Waals surface area contributed by atoms with Gasteiger partial charge < -0.3 is 19.4 Å². The fourth-order valence-corrected chi connectivity index (χ4v) is 4.65. The number of para-hydroxylation sites is 1. The summed E-state index contributed by atoms with van der Waals surface area (Å²) in [6, 6.07) is 19.0. The number of nitrogens with zero attached hydrogens (tertiary/aromatic N) is 3. The van der Waals surface area contributed by atoms with Crippen molar-refractivity contribution in [2.75, 3.05) is 20.0 Å². The Morgan fingerprint density at radius 3 is 2.47 bits per heavy atom. The van der Waals surface area contributed by atoms with E-state index in [9.17, 15) is 9.00 Å². The lowest BCUT2D eigenvalue weighted by atomic mass is 10.2. The molecule has 176 valence electrons. The Balaban J connectivity index is 1.43. The number of rotatable bonds is 10. The van der Waals surface area contributed by atoms with E-state index in [0.717, 1.165) is 22.6 Å². The first-order valence-electron chi connectivity index (χ1n) is 10.7. The average molecular weight is 479 g/mol. The molecule has 0 radical (unpaired) electrons. The highest BCUT2D eigenvalue weighted by atomic mass is 32.2. The lowest BCUT2D eigenvalue weighted by Gasteiger charge is -2.12. The molecule has 0 saturated heterocycles. The molecule has 34 heavy (non-hydrogen) atoms. The van der Waals surface area contributed by atoms with Crippen LogP contribution in [0.15, 0.2) is 79.3 Å². The molecule has 0 aliphatic rings. The van der Waals surface area contributed by atoms with Crippen LogP contribution < -0.4 is 14.8 Å². The lowest BCUT2D eigenvalue weighted by molar-refractivity contribution is -0.118. The Morgan fingerprint density at radius 2 is 1.76 bits per heavy atom. The minimum atomic E-state index is -1.42. The zero-order valence-corrected chi connectivity index (χ0v) is 19.8. The number of ether oxygens (including phenoxy) is 2. The molecular formula is C25H26N4O4S. The average Bonchev–Trinajstić information content (AvgIpc) is 3.53. The highest BCUT2D eigenvalue weighted by Gasteiger charge is 2.18. The highest BCUT2D eigenvalue weighted by molar-refractivity contribution is 7.84. The van der Waals surface area contributed by atoms with Gasteiger partial charge in [-0.2, -0.15) is 5.10 Å². The van der Waals surface area contributed by atoms with Crippen LogP contribution in [0.1, 0.15) is 11.1 Å². The van der Waals surface area contributed by atoms with Crippen molar-refractivity contribution in [3.05, 3.63) is 90.4 Å². The molecule has 2 aromatic heterocycles. The van der Waals surface area contributed by atoms with E-state index in [1.165, 1.54) is 0 Å². The van der Waals surface area contributed by atoms with Gasteiger partial charge in [0, 0.05) is 46.9 Å². The molecule has 9 heteroatoms. The molecule has 1 N–H and O–H groups in total. The number of benzene rings is 2. The van der Waals surface area contributed by atoms with E-state index in [2.05, 4.69) is 10.4 Å². The van der Waals surface area contributed by atoms with Gasteiger partial charge in [0.15, 0.2) is 0 Å². The van der Waals surface area contributed by atoms with E-state index in [1.807, 2.05) is 70.2 Å². The molecule has 4 aromatic rings. The number of nitrogens with one attached hydrogen (secondary N) is 1. The molecule has 0 saturated carbocycles. The molecule has 0 aliphatic heterocycles. The van der Waals surface area contributed by atoms with E-state index in [0.29, 0.717) is 11.5 Å². The first-order chi connectivity index (χ1) is 16.6. The molecule has 1 atom stereocenters. The van der Waals surface area contributed by atoms with Crippen LogP contribution in [0, 0.1) is 0 Å². The number of aromatic nitrogens is 3. The Labute approximate surface area is 200 Å². The SMILES string of the molecule is COc1ccc(CNC(=O)C[S@](=O)Cc2cnn(-c3ccccc3)c2-n2cccc2)c(OC)c1. The Hall–Kier alpha value is -3.85. The fraction of sp³-hybridized carbons (Fsp3) is 0.200. The van der Waals surface area contributed by atoms with Gasteiger partial charge >= 0.3 is 0 Å². The third-order valence-electron chi connectivity index (χ3n) is 5.25. The van der Waals surface area contributed by atoms with Gasteiger partial charge in [-0.15, -0.1) is 0 Å². The zero-order chi connectivity index (χ0) is 23.9. The maximum absolute atomic E-state index is 12.9. The van der Waals surface area contributed by atoms with Crippen LogP contribution in [0.5, 0.6) is 11.5 Å². The number of methoxy groups -OCH3 is 2. The molecule has 2 aromatic carbocycles. The summed E-state index contributed by atoms with van der Waals surface area (Å²) in [6.07, 6.45) is 5.54. The molecule has 0 bridgehead atoms. The fourth-order valence-electron chi connectivity index (χ4n) is 3.60. The normalized spacial score (nSPS) is 11.7. The van der Waals surface area contributed by atoms with Gasteiger partial charge in [-0.25, -0.2) is 4.68 Å². The van der Waals surface area contributed by atoms with Gasteiger partial charge in [0.1, 0.15) is 23.1 Å². The second-order valence-corrected chi connectivity index (χ2v) is 8.97. The molecule has 0 fully saturated rings. The van der Waals surface area contributed by atoms with E-state index in [-0.39, 0.29) is 24.0 Å². The van der Waals surface area contributed by atoms with Gasteiger partial charge in [-0.05, 0) is 36.4 Å². The molecule has 0 aliphatic carbocycles. The van der Waals surface area contributed by atoms with E-state index >= 15 is 0 Å². The maximum atomic E-state index is 12.9. The molecular weight excluding hydrogens is 452 g/mol. The zero-order valence-electron chi connectivity index (χ0n) is 19.0. The largest absolute Gasteiger partial charge is 0.497 e. The van der Waals surface area contributed by atoms with Gasteiger partial charge in [0.25, 0.3) is 0 Å². The van der Waals surface area contributed by atoms with Crippen LogP contribution in [0.3, 0.4) is 0 Å². The molecule has 1 amide bonds. The van der Waals surface area contributed by atoms with Crippen LogP contribution >= 0.6 is 0 Å². The van der Waals surface area contributed by atoms with E-state index in [1.54, 1.807) is 32.5 Å². The van der Waals surface area contributed by atoms with E-state index in [4.69, 9.17) is 9.47 Å². The lowest BCUT2D eigenvalue weighted by Crippen LogP contribution is -2.28. The smallest absolute Gasteiger partial charge is 0.232 e. The monoisotopic (exact) mass is 478 g/mol. The van der Waals surface area contributed by atoms with Gasteiger partial charge in [0.05, 0.1) is 31.9 Å². The van der Waals surface area contributed by atoms with E-state index < -0.39 is 10.8 Å². The number of hydrogen-bond acceptors (Lipinski definition) is 5. The predicted molar refractivity (Wildman–Crippen MR) is 131 cm³/mol. The summed E-state index contributed by atoms with van der Waals surface area (Å²) >= 11 is 0. The minimum Gasteiger partial charge on any atom is -0.497 e. The summed E-state index contributed by atoms with van der Waals surface area (Å²) in [6.45, 7) is 0.268. The van der Waals surface area contributed by atoms with Crippen molar-refractivity contribution in [2.24, 2.45) is 0 Å². The van der Waals surface area contributed by atoms with Crippen molar-refractivity contribution >= 4 is 16.7 Å². The number of amides is 1. The summed E-state index contributed by atoms with van der Waals surface area (Å²) in [5.74, 6) is 1.88. The van der Waals surface area contributed by atoms with Crippen molar-refractivity contribution in [1.29, 1.82) is 0 Å². The summed E-state index contributed by atoms with van der Waals surface area (Å²) < 4.78 is 27.2. The summed E-state index contributed by atoms with van der Waals surface area (Å²) in [5.41, 5.74) is 2.50. The molecule has 8 nitrogen and oxygen atoms in total. The topological polar surface area (TPSA) is 87.4 Å². The molecule has 4 rings (SSSR count). The van der Waals surface area contributed by atoms with Crippen molar-refractivity contribution in [2.45, 2.75) is 12.3 Å². The maximum Gasteiger partial charge on any atom is 0.232 e. The van der Waals surface area contributed by atoms with Crippen LogP contribution in [-0.4, -0.2) is 44.4 Å². The van der Waals surface area contributed by atoms with Crippen LogP contribution in [-0.2, 0) is 27.9 Å². The Kier molecular flexibility index (Phi) is 7.44.